The van der Waals surface area contributed by atoms with Crippen molar-refractivity contribution in [1.82, 2.24) is 19.9 Å². The van der Waals surface area contributed by atoms with Crippen molar-refractivity contribution >= 4 is 5.91 Å². The lowest BCUT2D eigenvalue weighted by atomic mass is 9.75. The minimum Gasteiger partial charge on any atom is -0.392 e. The van der Waals surface area contributed by atoms with Crippen molar-refractivity contribution in [3.63, 3.8) is 0 Å². The van der Waals surface area contributed by atoms with Gasteiger partial charge < -0.3 is 10.0 Å². The lowest BCUT2D eigenvalue weighted by Crippen LogP contribution is -2.53. The Morgan fingerprint density at radius 1 is 1.17 bits per heavy atom. The molecule has 24 heavy (non-hydrogen) atoms. The third kappa shape index (κ3) is 2.94. The topological polar surface area (TPSA) is 71.2 Å². The molecule has 0 radical (unpaired) electrons. The molecule has 1 N–H and O–H groups in total. The number of likely N-dealkylation sites (tertiary alicyclic amines) is 1. The Kier molecular flexibility index (Phi) is 4.06. The van der Waals surface area contributed by atoms with Gasteiger partial charge in [0.15, 0.2) is 0 Å². The van der Waals surface area contributed by atoms with Crippen molar-refractivity contribution in [2.24, 2.45) is 11.8 Å². The molecule has 2 aromatic rings. The van der Waals surface area contributed by atoms with Crippen LogP contribution in [0.2, 0.25) is 0 Å². The summed E-state index contributed by atoms with van der Waals surface area (Å²) >= 11 is 0. The molecule has 1 aliphatic carbocycles. The van der Waals surface area contributed by atoms with Crippen LogP contribution in [-0.2, 0) is 11.3 Å². The van der Waals surface area contributed by atoms with Crippen LogP contribution in [0.5, 0.6) is 0 Å². The fourth-order valence-electron chi connectivity index (χ4n) is 3.97. The van der Waals surface area contributed by atoms with Gasteiger partial charge in [-0.2, -0.15) is 0 Å². The van der Waals surface area contributed by atoms with E-state index in [4.69, 9.17) is 0 Å². The number of benzene rings is 1. The first kappa shape index (κ1) is 15.3. The minimum absolute atomic E-state index is 0.0586. The molecule has 2 fully saturated rings. The highest BCUT2D eigenvalue weighted by molar-refractivity contribution is 5.76. The van der Waals surface area contributed by atoms with Crippen LogP contribution in [0.15, 0.2) is 36.5 Å². The Labute approximate surface area is 141 Å². The highest BCUT2D eigenvalue weighted by atomic mass is 16.3. The first-order valence-corrected chi connectivity index (χ1v) is 8.62. The van der Waals surface area contributed by atoms with E-state index in [-0.39, 0.29) is 30.4 Å². The number of carbonyl (C=O) groups is 1. The summed E-state index contributed by atoms with van der Waals surface area (Å²) in [6.45, 7) is 1.53. The Hall–Kier alpha value is -2.21. The van der Waals surface area contributed by atoms with Crippen LogP contribution < -0.4 is 0 Å². The third-order valence-electron chi connectivity index (χ3n) is 5.28. The molecule has 1 amide bonds. The molecule has 1 aromatic carbocycles. The Balaban J connectivity index is 1.42. The number of nitrogens with zero attached hydrogens (tertiary/aromatic N) is 4. The maximum atomic E-state index is 12.6. The first-order chi connectivity index (χ1) is 11.7. The third-order valence-corrected chi connectivity index (χ3v) is 5.28. The zero-order chi connectivity index (χ0) is 16.5. The van der Waals surface area contributed by atoms with E-state index >= 15 is 0 Å². The maximum Gasteiger partial charge on any atom is 0.244 e. The second-order valence-electron chi connectivity index (χ2n) is 6.91. The van der Waals surface area contributed by atoms with Gasteiger partial charge in [-0.1, -0.05) is 42.0 Å². The number of amides is 1. The van der Waals surface area contributed by atoms with Gasteiger partial charge in [-0.05, 0) is 12.8 Å². The Morgan fingerprint density at radius 3 is 2.58 bits per heavy atom. The summed E-state index contributed by atoms with van der Waals surface area (Å²) in [5.74, 6) is 0.525. The van der Waals surface area contributed by atoms with Crippen LogP contribution >= 0.6 is 0 Å². The zero-order valence-corrected chi connectivity index (χ0v) is 13.6. The molecule has 2 aliphatic rings. The lowest BCUT2D eigenvalue weighted by molar-refractivity contribution is -0.140. The van der Waals surface area contributed by atoms with E-state index in [0.717, 1.165) is 30.5 Å². The van der Waals surface area contributed by atoms with Gasteiger partial charge in [0, 0.05) is 30.5 Å². The monoisotopic (exact) mass is 326 g/mol. The molecule has 126 valence electrons. The van der Waals surface area contributed by atoms with Gasteiger partial charge in [0.25, 0.3) is 0 Å². The zero-order valence-electron chi connectivity index (χ0n) is 13.6. The molecule has 1 unspecified atom stereocenters. The highest BCUT2D eigenvalue weighted by Gasteiger charge is 2.39. The van der Waals surface area contributed by atoms with Crippen molar-refractivity contribution in [3.05, 3.63) is 36.5 Å². The minimum atomic E-state index is -0.237. The molecule has 6 heteroatoms. The Bertz CT molecular complexity index is 701. The van der Waals surface area contributed by atoms with E-state index in [1.807, 2.05) is 41.4 Å². The van der Waals surface area contributed by atoms with Gasteiger partial charge >= 0.3 is 0 Å². The van der Waals surface area contributed by atoms with E-state index in [0.29, 0.717) is 13.1 Å². The lowest BCUT2D eigenvalue weighted by Gasteiger charge is -2.45. The molecule has 2 heterocycles. The molecular formula is C18H22N4O2. The number of fused-ring (bicyclic) bond motifs is 2. The number of hydrogen-bond donors (Lipinski definition) is 1. The number of hydrogen-bond acceptors (Lipinski definition) is 4. The number of aromatic nitrogens is 3. The van der Waals surface area contributed by atoms with Crippen molar-refractivity contribution in [3.8, 4) is 11.3 Å². The van der Waals surface area contributed by atoms with Gasteiger partial charge in [0.2, 0.25) is 5.91 Å². The predicted molar refractivity (Wildman–Crippen MR) is 88.9 cm³/mol. The van der Waals surface area contributed by atoms with Crippen LogP contribution in [0.4, 0.5) is 0 Å². The standard InChI is InChI=1S/C18H22N4O2/c23-17(21-9-14-7-4-8-15(10-21)18(14)24)12-22-11-16(19-20-22)13-5-2-1-3-6-13/h1-3,5-6,11,14-15,18,24H,4,7-10,12H2/t14-,15+,18?. The van der Waals surface area contributed by atoms with Crippen molar-refractivity contribution in [2.75, 3.05) is 13.1 Å². The maximum absolute atomic E-state index is 12.6. The second-order valence-corrected chi connectivity index (χ2v) is 6.91. The number of rotatable bonds is 3. The van der Waals surface area contributed by atoms with Crippen LogP contribution in [0.25, 0.3) is 11.3 Å². The molecule has 1 saturated heterocycles. The van der Waals surface area contributed by atoms with Crippen molar-refractivity contribution < 1.29 is 9.90 Å². The molecule has 2 bridgehead atoms. The molecule has 3 atom stereocenters. The van der Waals surface area contributed by atoms with Crippen LogP contribution in [0.1, 0.15) is 19.3 Å². The smallest absolute Gasteiger partial charge is 0.244 e. The second kappa shape index (κ2) is 6.36. The summed E-state index contributed by atoms with van der Waals surface area (Å²) in [5.41, 5.74) is 1.76. The number of piperidine rings is 1. The summed E-state index contributed by atoms with van der Waals surface area (Å²) in [6, 6.07) is 9.82. The molecule has 1 aliphatic heterocycles. The Morgan fingerprint density at radius 2 is 1.88 bits per heavy atom. The normalized spacial score (nSPS) is 26.4. The van der Waals surface area contributed by atoms with E-state index < -0.39 is 0 Å². The van der Waals surface area contributed by atoms with E-state index in [2.05, 4.69) is 10.3 Å². The fourth-order valence-corrected chi connectivity index (χ4v) is 3.97. The summed E-state index contributed by atoms with van der Waals surface area (Å²) in [7, 11) is 0. The quantitative estimate of drug-likeness (QED) is 0.929. The van der Waals surface area contributed by atoms with Gasteiger partial charge in [0.1, 0.15) is 12.2 Å². The summed E-state index contributed by atoms with van der Waals surface area (Å²) in [4.78, 5) is 14.5. The summed E-state index contributed by atoms with van der Waals surface area (Å²) in [6.07, 6.45) is 4.77. The van der Waals surface area contributed by atoms with Crippen LogP contribution in [0, 0.1) is 11.8 Å². The summed E-state index contributed by atoms with van der Waals surface area (Å²) < 4.78 is 1.60. The van der Waals surface area contributed by atoms with Gasteiger partial charge in [-0.25, -0.2) is 4.68 Å². The number of aliphatic hydroxyl groups excluding tert-OH is 1. The molecule has 4 rings (SSSR count). The van der Waals surface area contributed by atoms with Crippen molar-refractivity contribution in [1.29, 1.82) is 0 Å². The van der Waals surface area contributed by atoms with Gasteiger partial charge in [-0.15, -0.1) is 5.10 Å². The number of carbonyl (C=O) groups excluding carboxylic acids is 1. The molecule has 1 aromatic heterocycles. The average molecular weight is 326 g/mol. The van der Waals surface area contributed by atoms with E-state index in [1.54, 1.807) is 4.68 Å². The molecule has 0 spiro atoms. The largest absolute Gasteiger partial charge is 0.392 e. The average Bonchev–Trinajstić information content (AvgIpc) is 3.04. The molecular weight excluding hydrogens is 304 g/mol. The van der Waals surface area contributed by atoms with Crippen LogP contribution in [-0.4, -0.2) is 50.1 Å². The van der Waals surface area contributed by atoms with E-state index in [9.17, 15) is 9.90 Å². The van der Waals surface area contributed by atoms with Crippen LogP contribution in [0.3, 0.4) is 0 Å². The predicted octanol–water partition coefficient (Wildman–Crippen LogP) is 1.56. The summed E-state index contributed by atoms with van der Waals surface area (Å²) in [5, 5.41) is 18.5. The molecule has 6 nitrogen and oxygen atoms in total. The van der Waals surface area contributed by atoms with Gasteiger partial charge in [0.05, 0.1) is 12.3 Å². The molecule has 1 saturated carbocycles. The SMILES string of the molecule is O=C(Cn1cc(-c2ccccc2)nn1)N1C[C@H]2CCC[C@@H](C1)C2O. The van der Waals surface area contributed by atoms with E-state index in [1.165, 1.54) is 0 Å². The van der Waals surface area contributed by atoms with Gasteiger partial charge in [-0.3, -0.25) is 4.79 Å². The van der Waals surface area contributed by atoms with Crippen molar-refractivity contribution in [2.45, 2.75) is 31.9 Å². The highest BCUT2D eigenvalue weighted by Crippen LogP contribution is 2.34. The number of aliphatic hydroxyl groups is 1. The first-order valence-electron chi connectivity index (χ1n) is 8.62. The fraction of sp³-hybridized carbons (Fsp3) is 0.500.